The average Bonchev–Trinajstić information content (AvgIpc) is 2.97. The predicted octanol–water partition coefficient (Wildman–Crippen LogP) is 4.07. The van der Waals surface area contributed by atoms with Crippen molar-refractivity contribution < 1.29 is 0 Å². The molecule has 1 saturated heterocycles. The topological polar surface area (TPSA) is 15.3 Å². The van der Waals surface area contributed by atoms with E-state index in [-0.39, 0.29) is 0 Å². The molecule has 2 atom stereocenters. The Morgan fingerprint density at radius 1 is 1.25 bits per heavy atom. The van der Waals surface area contributed by atoms with E-state index >= 15 is 0 Å². The van der Waals surface area contributed by atoms with Crippen LogP contribution in [-0.4, -0.2) is 19.1 Å². The van der Waals surface area contributed by atoms with Crippen LogP contribution in [0.2, 0.25) is 5.02 Å². The van der Waals surface area contributed by atoms with Crippen LogP contribution in [0.5, 0.6) is 0 Å². The summed E-state index contributed by atoms with van der Waals surface area (Å²) >= 11 is 6.45. The highest BCUT2D eigenvalue weighted by Gasteiger charge is 2.36. The molecule has 20 heavy (non-hydrogen) atoms. The molecule has 1 aromatic carbocycles. The van der Waals surface area contributed by atoms with Crippen LogP contribution in [0.15, 0.2) is 18.2 Å². The molecule has 2 nitrogen and oxygen atoms in total. The van der Waals surface area contributed by atoms with Crippen molar-refractivity contribution in [3.8, 4) is 0 Å². The zero-order valence-corrected chi connectivity index (χ0v) is 13.3. The van der Waals surface area contributed by atoms with Gasteiger partial charge in [0.2, 0.25) is 0 Å². The van der Waals surface area contributed by atoms with Gasteiger partial charge < -0.3 is 10.2 Å². The van der Waals surface area contributed by atoms with Gasteiger partial charge in [0.15, 0.2) is 0 Å². The van der Waals surface area contributed by atoms with Crippen molar-refractivity contribution in [3.63, 3.8) is 0 Å². The van der Waals surface area contributed by atoms with Crippen LogP contribution in [0.1, 0.15) is 38.7 Å². The molecule has 110 valence electrons. The van der Waals surface area contributed by atoms with Gasteiger partial charge in [-0.05, 0) is 36.8 Å². The molecule has 3 rings (SSSR count). The molecule has 0 radical (unpaired) electrons. The molecule has 2 fully saturated rings. The maximum absolute atomic E-state index is 6.45. The number of anilines is 1. The molecule has 1 aliphatic heterocycles. The molecule has 2 aliphatic rings. The summed E-state index contributed by atoms with van der Waals surface area (Å²) in [6.07, 6.45) is 4.27. The first-order chi connectivity index (χ1) is 9.65. The molecule has 0 spiro atoms. The van der Waals surface area contributed by atoms with Crippen molar-refractivity contribution in [2.24, 2.45) is 11.8 Å². The fourth-order valence-corrected chi connectivity index (χ4v) is 3.99. The van der Waals surface area contributed by atoms with Crippen LogP contribution in [0, 0.1) is 11.8 Å². The van der Waals surface area contributed by atoms with Gasteiger partial charge in [0.1, 0.15) is 0 Å². The first kappa shape index (κ1) is 14.2. The summed E-state index contributed by atoms with van der Waals surface area (Å²) in [6.45, 7) is 7.66. The second kappa shape index (κ2) is 5.95. The average molecular weight is 293 g/mol. The summed E-state index contributed by atoms with van der Waals surface area (Å²) in [5, 5.41) is 4.40. The lowest BCUT2D eigenvalue weighted by Crippen LogP contribution is -2.26. The SMILES string of the molecule is CC(C)NCc1c(Cl)cccc1N1CC2CCCC2C1. The monoisotopic (exact) mass is 292 g/mol. The summed E-state index contributed by atoms with van der Waals surface area (Å²) < 4.78 is 0. The number of nitrogens with one attached hydrogen (secondary N) is 1. The Labute approximate surface area is 127 Å². The Balaban J connectivity index is 1.80. The van der Waals surface area contributed by atoms with Crippen molar-refractivity contribution in [2.45, 2.75) is 45.7 Å². The number of hydrogen-bond acceptors (Lipinski definition) is 2. The van der Waals surface area contributed by atoms with E-state index in [1.165, 1.54) is 43.6 Å². The molecule has 0 amide bonds. The molecule has 1 N–H and O–H groups in total. The van der Waals surface area contributed by atoms with E-state index in [1.54, 1.807) is 0 Å². The summed E-state index contributed by atoms with van der Waals surface area (Å²) in [4.78, 5) is 2.57. The van der Waals surface area contributed by atoms with Crippen LogP contribution in [0.3, 0.4) is 0 Å². The lowest BCUT2D eigenvalue weighted by atomic mass is 10.0. The fraction of sp³-hybridized carbons (Fsp3) is 0.647. The minimum atomic E-state index is 0.483. The van der Waals surface area contributed by atoms with Crippen LogP contribution in [-0.2, 0) is 6.54 Å². The smallest absolute Gasteiger partial charge is 0.0471 e. The number of nitrogens with zero attached hydrogens (tertiary/aromatic N) is 1. The zero-order valence-electron chi connectivity index (χ0n) is 12.5. The third-order valence-corrected chi connectivity index (χ3v) is 5.20. The maximum Gasteiger partial charge on any atom is 0.0471 e. The zero-order chi connectivity index (χ0) is 14.1. The van der Waals surface area contributed by atoms with Crippen molar-refractivity contribution >= 4 is 17.3 Å². The van der Waals surface area contributed by atoms with Gasteiger partial charge in [0.25, 0.3) is 0 Å². The molecule has 1 heterocycles. The van der Waals surface area contributed by atoms with E-state index in [9.17, 15) is 0 Å². The number of fused-ring (bicyclic) bond motifs is 1. The van der Waals surface area contributed by atoms with E-state index in [0.29, 0.717) is 6.04 Å². The number of rotatable bonds is 4. The normalized spacial score (nSPS) is 25.5. The standard InChI is InChI=1S/C17H25ClN2/c1-12(2)19-9-15-16(18)7-4-8-17(15)20-10-13-5-3-6-14(13)11-20/h4,7-8,12-14,19H,3,5-6,9-11H2,1-2H3. The summed E-state index contributed by atoms with van der Waals surface area (Å²) in [5.74, 6) is 1.83. The van der Waals surface area contributed by atoms with E-state index in [0.717, 1.165) is 23.4 Å². The highest BCUT2D eigenvalue weighted by atomic mass is 35.5. The first-order valence-electron chi connectivity index (χ1n) is 7.91. The minimum absolute atomic E-state index is 0.483. The predicted molar refractivity (Wildman–Crippen MR) is 86.5 cm³/mol. The highest BCUT2D eigenvalue weighted by Crippen LogP contribution is 2.41. The Morgan fingerprint density at radius 3 is 2.60 bits per heavy atom. The maximum atomic E-state index is 6.45. The Kier molecular flexibility index (Phi) is 4.23. The summed E-state index contributed by atoms with van der Waals surface area (Å²) in [6, 6.07) is 6.82. The first-order valence-corrected chi connectivity index (χ1v) is 8.28. The van der Waals surface area contributed by atoms with Crippen molar-refractivity contribution in [1.82, 2.24) is 5.32 Å². The number of halogens is 1. The van der Waals surface area contributed by atoms with E-state index < -0.39 is 0 Å². The molecule has 3 heteroatoms. The van der Waals surface area contributed by atoms with Crippen molar-refractivity contribution in [2.75, 3.05) is 18.0 Å². The molecule has 1 aromatic rings. The second-order valence-electron chi connectivity index (χ2n) is 6.63. The number of benzene rings is 1. The lowest BCUT2D eigenvalue weighted by Gasteiger charge is -2.24. The second-order valence-corrected chi connectivity index (χ2v) is 7.04. The third-order valence-electron chi connectivity index (χ3n) is 4.85. The summed E-state index contributed by atoms with van der Waals surface area (Å²) in [7, 11) is 0. The van der Waals surface area contributed by atoms with Gasteiger partial charge in [-0.3, -0.25) is 0 Å². The van der Waals surface area contributed by atoms with Crippen LogP contribution in [0.4, 0.5) is 5.69 Å². The quantitative estimate of drug-likeness (QED) is 0.900. The van der Waals surface area contributed by atoms with Gasteiger partial charge in [-0.15, -0.1) is 0 Å². The van der Waals surface area contributed by atoms with E-state index in [1.807, 2.05) is 6.07 Å². The molecule has 1 aliphatic carbocycles. The molecule has 0 aromatic heterocycles. The van der Waals surface area contributed by atoms with Crippen LogP contribution >= 0.6 is 11.6 Å². The van der Waals surface area contributed by atoms with E-state index in [4.69, 9.17) is 11.6 Å². The van der Waals surface area contributed by atoms with Gasteiger partial charge in [-0.1, -0.05) is 37.9 Å². The summed E-state index contributed by atoms with van der Waals surface area (Å²) in [5.41, 5.74) is 2.61. The molecule has 2 unspecified atom stereocenters. The van der Waals surface area contributed by atoms with Crippen LogP contribution in [0.25, 0.3) is 0 Å². The van der Waals surface area contributed by atoms with Gasteiger partial charge in [0, 0.05) is 41.9 Å². The lowest BCUT2D eigenvalue weighted by molar-refractivity contribution is 0.494. The molecule has 1 saturated carbocycles. The molecular formula is C17H25ClN2. The highest BCUT2D eigenvalue weighted by molar-refractivity contribution is 6.31. The Hall–Kier alpha value is -0.730. The molecular weight excluding hydrogens is 268 g/mol. The Bertz CT molecular complexity index is 460. The van der Waals surface area contributed by atoms with E-state index in [2.05, 4.69) is 36.2 Å². The largest absolute Gasteiger partial charge is 0.371 e. The van der Waals surface area contributed by atoms with Gasteiger partial charge in [0.05, 0.1) is 0 Å². The van der Waals surface area contributed by atoms with Gasteiger partial charge >= 0.3 is 0 Å². The molecule has 0 bridgehead atoms. The van der Waals surface area contributed by atoms with Gasteiger partial charge in [-0.25, -0.2) is 0 Å². The Morgan fingerprint density at radius 2 is 1.95 bits per heavy atom. The number of hydrogen-bond donors (Lipinski definition) is 1. The fourth-order valence-electron chi connectivity index (χ4n) is 3.76. The van der Waals surface area contributed by atoms with Gasteiger partial charge in [-0.2, -0.15) is 0 Å². The minimum Gasteiger partial charge on any atom is -0.371 e. The van der Waals surface area contributed by atoms with Crippen LogP contribution < -0.4 is 10.2 Å². The third kappa shape index (κ3) is 2.82. The van der Waals surface area contributed by atoms with Crippen molar-refractivity contribution in [3.05, 3.63) is 28.8 Å². The van der Waals surface area contributed by atoms with Crippen molar-refractivity contribution in [1.29, 1.82) is 0 Å².